The van der Waals surface area contributed by atoms with Gasteiger partial charge in [-0.25, -0.2) is 4.39 Å². The van der Waals surface area contributed by atoms with E-state index in [1.807, 2.05) is 6.07 Å². The third kappa shape index (κ3) is 4.31. The van der Waals surface area contributed by atoms with Crippen LogP contribution in [0.4, 0.5) is 4.39 Å². The molecule has 0 fully saturated rings. The van der Waals surface area contributed by atoms with Crippen molar-refractivity contribution < 1.29 is 4.39 Å². The van der Waals surface area contributed by atoms with Crippen LogP contribution in [0.1, 0.15) is 31.7 Å². The molecule has 0 aliphatic heterocycles. The maximum absolute atomic E-state index is 13.1. The zero-order chi connectivity index (χ0) is 11.1. The van der Waals surface area contributed by atoms with Crippen LogP contribution in [0.25, 0.3) is 0 Å². The molecule has 3 heteroatoms. The summed E-state index contributed by atoms with van der Waals surface area (Å²) < 4.78 is 13.7. The van der Waals surface area contributed by atoms with Gasteiger partial charge in [-0.15, -0.1) is 0 Å². The summed E-state index contributed by atoms with van der Waals surface area (Å²) in [5.74, 6) is -0.192. The Labute approximate surface area is 99.2 Å². The largest absolute Gasteiger partial charge is 0.313 e. The molecule has 0 heterocycles. The first-order chi connectivity index (χ1) is 7.25. The molecule has 0 saturated carbocycles. The lowest BCUT2D eigenvalue weighted by Crippen LogP contribution is -2.15. The van der Waals surface area contributed by atoms with Crippen molar-refractivity contribution in [2.75, 3.05) is 6.54 Å². The second kappa shape index (κ2) is 6.96. The number of hydrogen-bond donors (Lipinski definition) is 1. The van der Waals surface area contributed by atoms with Gasteiger partial charge in [-0.05, 0) is 40.5 Å². The van der Waals surface area contributed by atoms with Gasteiger partial charge in [-0.2, -0.15) is 0 Å². The Balaban J connectivity index is 2.34. The van der Waals surface area contributed by atoms with Crippen molar-refractivity contribution >= 4 is 15.9 Å². The summed E-state index contributed by atoms with van der Waals surface area (Å²) in [6, 6.07) is 5.13. The molecule has 0 aliphatic rings. The summed E-state index contributed by atoms with van der Waals surface area (Å²) in [4.78, 5) is 0. The highest BCUT2D eigenvalue weighted by Gasteiger charge is 2.03. The maximum atomic E-state index is 13.1. The number of unbranched alkanes of at least 4 members (excludes halogenated alkanes) is 2. The second-order valence-corrected chi connectivity index (χ2v) is 4.39. The molecule has 0 bridgehead atoms. The van der Waals surface area contributed by atoms with E-state index in [4.69, 9.17) is 0 Å². The molecule has 1 nitrogen and oxygen atoms in total. The van der Waals surface area contributed by atoms with E-state index in [1.54, 1.807) is 6.07 Å². The standard InChI is InChI=1S/C12H17BrFN/c1-2-3-4-8-15-9-10-6-5-7-11(14)12(10)13/h5-7,15H,2-4,8-9H2,1H3. The van der Waals surface area contributed by atoms with Crippen molar-refractivity contribution in [1.29, 1.82) is 0 Å². The van der Waals surface area contributed by atoms with Gasteiger partial charge >= 0.3 is 0 Å². The second-order valence-electron chi connectivity index (χ2n) is 3.60. The summed E-state index contributed by atoms with van der Waals surface area (Å²) in [7, 11) is 0. The number of rotatable bonds is 6. The zero-order valence-corrected chi connectivity index (χ0v) is 10.6. The summed E-state index contributed by atoms with van der Waals surface area (Å²) in [5, 5.41) is 3.31. The first-order valence-corrected chi connectivity index (χ1v) is 6.18. The molecule has 1 rings (SSSR count). The quantitative estimate of drug-likeness (QED) is 0.776. The predicted molar refractivity (Wildman–Crippen MR) is 65.3 cm³/mol. The van der Waals surface area contributed by atoms with Gasteiger partial charge in [0.25, 0.3) is 0 Å². The van der Waals surface area contributed by atoms with Crippen LogP contribution >= 0.6 is 15.9 Å². The molecular formula is C12H17BrFN. The highest BCUT2D eigenvalue weighted by atomic mass is 79.9. The lowest BCUT2D eigenvalue weighted by Gasteiger charge is -2.06. The summed E-state index contributed by atoms with van der Waals surface area (Å²) >= 11 is 3.25. The van der Waals surface area contributed by atoms with Crippen molar-refractivity contribution in [3.8, 4) is 0 Å². The topological polar surface area (TPSA) is 12.0 Å². The third-order valence-electron chi connectivity index (χ3n) is 2.30. The smallest absolute Gasteiger partial charge is 0.137 e. The van der Waals surface area contributed by atoms with Crippen LogP contribution in [-0.4, -0.2) is 6.54 Å². The minimum Gasteiger partial charge on any atom is -0.313 e. The van der Waals surface area contributed by atoms with Gasteiger partial charge in [-0.3, -0.25) is 0 Å². The van der Waals surface area contributed by atoms with Crippen LogP contribution < -0.4 is 5.32 Å². The fourth-order valence-corrected chi connectivity index (χ4v) is 1.81. The Hall–Kier alpha value is -0.410. The highest BCUT2D eigenvalue weighted by Crippen LogP contribution is 2.19. The van der Waals surface area contributed by atoms with Crippen LogP contribution in [-0.2, 0) is 6.54 Å². The van der Waals surface area contributed by atoms with Crippen molar-refractivity contribution in [3.05, 3.63) is 34.1 Å². The Morgan fingerprint density at radius 3 is 2.87 bits per heavy atom. The van der Waals surface area contributed by atoms with E-state index < -0.39 is 0 Å². The van der Waals surface area contributed by atoms with Crippen molar-refractivity contribution in [2.24, 2.45) is 0 Å². The Bertz CT molecular complexity index is 302. The van der Waals surface area contributed by atoms with Crippen LogP contribution in [0.5, 0.6) is 0 Å². The SMILES string of the molecule is CCCCCNCc1cccc(F)c1Br. The molecule has 15 heavy (non-hydrogen) atoms. The lowest BCUT2D eigenvalue weighted by atomic mass is 10.2. The molecule has 0 atom stereocenters. The molecule has 0 aromatic heterocycles. The number of hydrogen-bond acceptors (Lipinski definition) is 1. The van der Waals surface area contributed by atoms with E-state index in [2.05, 4.69) is 28.2 Å². The Morgan fingerprint density at radius 2 is 2.13 bits per heavy atom. The average molecular weight is 274 g/mol. The van der Waals surface area contributed by atoms with Gasteiger partial charge in [0.15, 0.2) is 0 Å². The van der Waals surface area contributed by atoms with Gasteiger partial charge in [-0.1, -0.05) is 31.9 Å². The number of halogens is 2. The van der Waals surface area contributed by atoms with E-state index >= 15 is 0 Å². The van der Waals surface area contributed by atoms with E-state index in [1.165, 1.54) is 25.3 Å². The monoisotopic (exact) mass is 273 g/mol. The number of nitrogens with one attached hydrogen (secondary N) is 1. The highest BCUT2D eigenvalue weighted by molar-refractivity contribution is 9.10. The van der Waals surface area contributed by atoms with Gasteiger partial charge in [0, 0.05) is 6.54 Å². The lowest BCUT2D eigenvalue weighted by molar-refractivity contribution is 0.599. The predicted octanol–water partition coefficient (Wildman–Crippen LogP) is 3.87. The average Bonchev–Trinajstić information content (AvgIpc) is 2.24. The van der Waals surface area contributed by atoms with Crippen LogP contribution in [0.3, 0.4) is 0 Å². The molecule has 0 unspecified atom stereocenters. The molecule has 0 spiro atoms. The van der Waals surface area contributed by atoms with Crippen molar-refractivity contribution in [1.82, 2.24) is 5.32 Å². The van der Waals surface area contributed by atoms with E-state index in [9.17, 15) is 4.39 Å². The van der Waals surface area contributed by atoms with Gasteiger partial charge in [0.2, 0.25) is 0 Å². The van der Waals surface area contributed by atoms with Crippen LogP contribution in [0.15, 0.2) is 22.7 Å². The third-order valence-corrected chi connectivity index (χ3v) is 3.19. The normalized spacial score (nSPS) is 10.6. The molecule has 1 N–H and O–H groups in total. The van der Waals surface area contributed by atoms with Gasteiger partial charge in [0.05, 0.1) is 4.47 Å². The summed E-state index contributed by atoms with van der Waals surface area (Å²) in [6.07, 6.45) is 3.66. The molecule has 84 valence electrons. The van der Waals surface area contributed by atoms with Crippen LogP contribution in [0.2, 0.25) is 0 Å². The molecular weight excluding hydrogens is 257 g/mol. The summed E-state index contributed by atoms with van der Waals surface area (Å²) in [5.41, 5.74) is 0.978. The van der Waals surface area contributed by atoms with Crippen molar-refractivity contribution in [2.45, 2.75) is 32.7 Å². The van der Waals surface area contributed by atoms with Gasteiger partial charge < -0.3 is 5.32 Å². The number of benzene rings is 1. The zero-order valence-electron chi connectivity index (χ0n) is 9.02. The fourth-order valence-electron chi connectivity index (χ4n) is 1.41. The minimum atomic E-state index is -0.192. The van der Waals surface area contributed by atoms with E-state index in [0.717, 1.165) is 18.7 Å². The Kier molecular flexibility index (Phi) is 5.88. The van der Waals surface area contributed by atoms with Gasteiger partial charge in [0.1, 0.15) is 5.82 Å². The molecule has 0 aliphatic carbocycles. The molecule has 1 aromatic rings. The summed E-state index contributed by atoms with van der Waals surface area (Å²) in [6.45, 7) is 3.90. The molecule has 0 radical (unpaired) electrons. The van der Waals surface area contributed by atoms with Crippen LogP contribution in [0, 0.1) is 5.82 Å². The molecule has 1 aromatic carbocycles. The maximum Gasteiger partial charge on any atom is 0.137 e. The first kappa shape index (κ1) is 12.7. The van der Waals surface area contributed by atoms with E-state index in [-0.39, 0.29) is 5.82 Å². The fraction of sp³-hybridized carbons (Fsp3) is 0.500. The molecule has 0 saturated heterocycles. The van der Waals surface area contributed by atoms with E-state index in [0.29, 0.717) is 4.47 Å². The van der Waals surface area contributed by atoms with Crippen molar-refractivity contribution in [3.63, 3.8) is 0 Å². The first-order valence-electron chi connectivity index (χ1n) is 5.39. The molecule has 0 amide bonds. The Morgan fingerprint density at radius 1 is 1.33 bits per heavy atom. The minimum absolute atomic E-state index is 0.192.